The lowest BCUT2D eigenvalue weighted by molar-refractivity contribution is 1.34. The molecule has 0 saturated heterocycles. The number of hydrogen-bond donors (Lipinski definition) is 0. The van der Waals surface area contributed by atoms with E-state index in [1.807, 2.05) is 26.8 Å². The van der Waals surface area contributed by atoms with E-state index in [4.69, 9.17) is 0 Å². The zero-order valence-electron chi connectivity index (χ0n) is 10.6. The van der Waals surface area contributed by atoms with Gasteiger partial charge >= 0.3 is 0 Å². The van der Waals surface area contributed by atoms with Gasteiger partial charge in [-0.1, -0.05) is 50.8 Å². The third-order valence-electron chi connectivity index (χ3n) is 2.30. The third kappa shape index (κ3) is 3.09. The number of aryl methyl sites for hydroxylation is 2. The van der Waals surface area contributed by atoms with Gasteiger partial charge in [-0.25, -0.2) is 0 Å². The van der Waals surface area contributed by atoms with Crippen molar-refractivity contribution in [2.45, 2.75) is 34.6 Å². The van der Waals surface area contributed by atoms with Gasteiger partial charge in [0.2, 0.25) is 0 Å². The Bertz CT molecular complexity index is 357. The molecule has 0 radical (unpaired) electrons. The summed E-state index contributed by atoms with van der Waals surface area (Å²) in [7, 11) is 0. The first-order valence-corrected chi connectivity index (χ1v) is 5.46. The molecule has 0 aliphatic heterocycles. The zero-order chi connectivity index (χ0) is 12.0. The Kier molecular flexibility index (Phi) is 5.69. The summed E-state index contributed by atoms with van der Waals surface area (Å²) in [6.45, 7) is 18.1. The third-order valence-corrected chi connectivity index (χ3v) is 2.30. The fourth-order valence-electron chi connectivity index (χ4n) is 1.66. The van der Waals surface area contributed by atoms with Crippen LogP contribution in [0.5, 0.6) is 0 Å². The maximum atomic E-state index is 3.99. The minimum Gasteiger partial charge on any atom is -0.0984 e. The molecule has 0 bridgehead atoms. The number of allylic oxidation sites excluding steroid dienone is 1. The van der Waals surface area contributed by atoms with Crippen LogP contribution in [0.25, 0.3) is 11.6 Å². The topological polar surface area (TPSA) is 0 Å². The first kappa shape index (κ1) is 13.7. The van der Waals surface area contributed by atoms with Gasteiger partial charge in [-0.05, 0) is 43.0 Å². The summed E-state index contributed by atoms with van der Waals surface area (Å²) in [5.74, 6) is 0. The summed E-state index contributed by atoms with van der Waals surface area (Å²) in [6, 6.07) is 4.26. The fraction of sp³-hybridized carbons (Fsp3) is 0.333. The largest absolute Gasteiger partial charge is 0.0984 e. The van der Waals surface area contributed by atoms with Crippen molar-refractivity contribution >= 4 is 11.6 Å². The minimum atomic E-state index is 1.11. The molecular weight excluding hydrogens is 180 g/mol. The van der Waals surface area contributed by atoms with E-state index in [9.17, 15) is 0 Å². The van der Waals surface area contributed by atoms with Crippen molar-refractivity contribution in [1.29, 1.82) is 0 Å². The van der Waals surface area contributed by atoms with E-state index in [0.29, 0.717) is 0 Å². The maximum Gasteiger partial charge on any atom is -0.0129 e. The second-order valence-electron chi connectivity index (χ2n) is 3.47. The van der Waals surface area contributed by atoms with E-state index < -0.39 is 0 Å². The molecule has 0 nitrogen and oxygen atoms in total. The summed E-state index contributed by atoms with van der Waals surface area (Å²) >= 11 is 0. The summed E-state index contributed by atoms with van der Waals surface area (Å²) in [5.41, 5.74) is 6.10. The molecule has 0 aliphatic rings. The quantitative estimate of drug-likeness (QED) is 0.632. The highest BCUT2D eigenvalue weighted by atomic mass is 14.1. The standard InChI is InChI=1S/C13H16.C2H6/c1-6-12-10(4)7-8-11(5)13(12)9(2)3;1-2/h6-8H,1-2H2,3-5H3;1-2H3. The average Bonchev–Trinajstić information content (AvgIpc) is 2.23. The van der Waals surface area contributed by atoms with Crippen LogP contribution in [0.3, 0.4) is 0 Å². The van der Waals surface area contributed by atoms with Crippen LogP contribution in [0.15, 0.2) is 25.3 Å². The first-order chi connectivity index (χ1) is 7.07. The van der Waals surface area contributed by atoms with Crippen LogP contribution in [-0.4, -0.2) is 0 Å². The van der Waals surface area contributed by atoms with Gasteiger partial charge in [0.15, 0.2) is 0 Å². The molecule has 0 aromatic heterocycles. The van der Waals surface area contributed by atoms with Crippen LogP contribution in [0.4, 0.5) is 0 Å². The van der Waals surface area contributed by atoms with Crippen LogP contribution in [-0.2, 0) is 0 Å². The molecular formula is C15H22. The van der Waals surface area contributed by atoms with Gasteiger partial charge in [-0.3, -0.25) is 0 Å². The van der Waals surface area contributed by atoms with Crippen LogP contribution in [0.2, 0.25) is 0 Å². The lowest BCUT2D eigenvalue weighted by Gasteiger charge is -2.12. The Labute approximate surface area is 94.3 Å². The molecule has 0 atom stereocenters. The zero-order valence-corrected chi connectivity index (χ0v) is 10.6. The molecule has 1 rings (SSSR count). The highest BCUT2D eigenvalue weighted by Crippen LogP contribution is 2.25. The molecule has 0 aliphatic carbocycles. The van der Waals surface area contributed by atoms with E-state index in [-0.39, 0.29) is 0 Å². The van der Waals surface area contributed by atoms with E-state index >= 15 is 0 Å². The Morgan fingerprint density at radius 3 is 1.93 bits per heavy atom. The van der Waals surface area contributed by atoms with Crippen molar-refractivity contribution in [3.8, 4) is 0 Å². The maximum absolute atomic E-state index is 3.99. The van der Waals surface area contributed by atoms with Gasteiger partial charge in [-0.2, -0.15) is 0 Å². The second-order valence-corrected chi connectivity index (χ2v) is 3.47. The number of benzene rings is 1. The van der Waals surface area contributed by atoms with Gasteiger partial charge in [0, 0.05) is 0 Å². The van der Waals surface area contributed by atoms with Crippen molar-refractivity contribution in [2.75, 3.05) is 0 Å². The lowest BCUT2D eigenvalue weighted by atomic mass is 9.93. The highest BCUT2D eigenvalue weighted by Gasteiger charge is 2.05. The molecule has 82 valence electrons. The SMILES string of the molecule is C=Cc1c(C)ccc(C)c1C(=C)C.CC. The molecule has 0 unspecified atom stereocenters. The van der Waals surface area contributed by atoms with E-state index in [1.54, 1.807) is 0 Å². The van der Waals surface area contributed by atoms with Gasteiger partial charge in [0.05, 0.1) is 0 Å². The van der Waals surface area contributed by atoms with E-state index in [2.05, 4.69) is 39.1 Å². The second kappa shape index (κ2) is 6.23. The number of rotatable bonds is 2. The Hall–Kier alpha value is -1.30. The molecule has 15 heavy (non-hydrogen) atoms. The first-order valence-electron chi connectivity index (χ1n) is 5.46. The average molecular weight is 202 g/mol. The molecule has 0 amide bonds. The lowest BCUT2D eigenvalue weighted by Crippen LogP contribution is -1.92. The molecule has 0 heteroatoms. The van der Waals surface area contributed by atoms with Gasteiger partial charge < -0.3 is 0 Å². The monoisotopic (exact) mass is 202 g/mol. The molecule has 1 aromatic carbocycles. The fourth-order valence-corrected chi connectivity index (χ4v) is 1.66. The minimum absolute atomic E-state index is 1.11. The Morgan fingerprint density at radius 1 is 1.13 bits per heavy atom. The molecule has 0 saturated carbocycles. The predicted molar refractivity (Wildman–Crippen MR) is 72.1 cm³/mol. The van der Waals surface area contributed by atoms with Gasteiger partial charge in [0.1, 0.15) is 0 Å². The molecule has 0 heterocycles. The molecule has 0 N–H and O–H groups in total. The summed E-state index contributed by atoms with van der Waals surface area (Å²) in [5, 5.41) is 0. The van der Waals surface area contributed by atoms with Crippen LogP contribution >= 0.6 is 0 Å². The van der Waals surface area contributed by atoms with Crippen LogP contribution < -0.4 is 0 Å². The van der Waals surface area contributed by atoms with Gasteiger partial charge in [0.25, 0.3) is 0 Å². The van der Waals surface area contributed by atoms with Crippen molar-refractivity contribution < 1.29 is 0 Å². The smallest absolute Gasteiger partial charge is 0.0129 e. The van der Waals surface area contributed by atoms with E-state index in [0.717, 1.165) is 5.57 Å². The Morgan fingerprint density at radius 2 is 1.60 bits per heavy atom. The van der Waals surface area contributed by atoms with Crippen LogP contribution in [0, 0.1) is 13.8 Å². The van der Waals surface area contributed by atoms with Gasteiger partial charge in [-0.15, -0.1) is 0 Å². The number of hydrogen-bond acceptors (Lipinski definition) is 0. The summed E-state index contributed by atoms with van der Waals surface area (Å²) in [6.07, 6.45) is 1.91. The normalized spacial score (nSPS) is 8.87. The summed E-state index contributed by atoms with van der Waals surface area (Å²) < 4.78 is 0. The molecule has 0 spiro atoms. The molecule has 0 fully saturated rings. The highest BCUT2D eigenvalue weighted by molar-refractivity contribution is 5.75. The predicted octanol–water partition coefficient (Wildman–Crippen LogP) is 5.01. The van der Waals surface area contributed by atoms with Crippen LogP contribution in [0.1, 0.15) is 43.0 Å². The van der Waals surface area contributed by atoms with Crippen molar-refractivity contribution in [3.05, 3.63) is 47.5 Å². The van der Waals surface area contributed by atoms with Crippen molar-refractivity contribution in [2.24, 2.45) is 0 Å². The van der Waals surface area contributed by atoms with Crippen molar-refractivity contribution in [1.82, 2.24) is 0 Å². The molecule has 1 aromatic rings. The Balaban J connectivity index is 0.000000921. The van der Waals surface area contributed by atoms with E-state index in [1.165, 1.54) is 22.3 Å². The summed E-state index contributed by atoms with van der Waals surface area (Å²) in [4.78, 5) is 0. The van der Waals surface area contributed by atoms with Crippen molar-refractivity contribution in [3.63, 3.8) is 0 Å².